The summed E-state index contributed by atoms with van der Waals surface area (Å²) in [5, 5.41) is 0. The summed E-state index contributed by atoms with van der Waals surface area (Å²) in [6.07, 6.45) is -2.41. The molecule has 0 atom stereocenters. The maximum atomic E-state index is 12.4. The number of hydrogen-bond donors (Lipinski definition) is 2. The smallest absolute Gasteiger partial charge is 0.310 e. The van der Waals surface area contributed by atoms with Crippen molar-refractivity contribution in [1.82, 2.24) is 4.98 Å². The van der Waals surface area contributed by atoms with E-state index in [1.807, 2.05) is 0 Å². The Morgan fingerprint density at radius 2 is 2.25 bits per heavy atom. The van der Waals surface area contributed by atoms with E-state index in [0.29, 0.717) is 0 Å². The Kier molecular flexibility index (Phi) is 3.60. The summed E-state index contributed by atoms with van der Waals surface area (Å²) in [6, 6.07) is 0. The van der Waals surface area contributed by atoms with E-state index in [-0.39, 0.29) is 11.3 Å². The summed E-state index contributed by atoms with van der Waals surface area (Å²) in [5.41, 5.74) is 3.63. The van der Waals surface area contributed by atoms with Crippen LogP contribution in [0.1, 0.15) is 17.6 Å². The number of nitrogen functional groups attached to an aromatic ring is 1. The van der Waals surface area contributed by atoms with E-state index in [0.717, 1.165) is 13.3 Å². The standard InChI is InChI=1S/C9H10F2N2O3/c1-16-6(14)2-4-7(12)5(8(10)11)3-13-9(4)15/h3,8H,2H2,1H3,(H3,12,13,15). The maximum absolute atomic E-state index is 12.4. The Hall–Kier alpha value is -1.92. The number of H-pyrrole nitrogens is 1. The Morgan fingerprint density at radius 1 is 1.62 bits per heavy atom. The molecule has 0 saturated carbocycles. The van der Waals surface area contributed by atoms with E-state index in [1.54, 1.807) is 0 Å². The lowest BCUT2D eigenvalue weighted by Crippen LogP contribution is -2.20. The third kappa shape index (κ3) is 2.36. The fourth-order valence-electron chi connectivity index (χ4n) is 1.18. The number of carbonyl (C=O) groups is 1. The first-order valence-corrected chi connectivity index (χ1v) is 4.32. The second-order valence-corrected chi connectivity index (χ2v) is 3.02. The second kappa shape index (κ2) is 4.73. The highest BCUT2D eigenvalue weighted by atomic mass is 19.3. The molecule has 1 heterocycles. The van der Waals surface area contributed by atoms with Gasteiger partial charge in [-0.05, 0) is 0 Å². The first-order valence-electron chi connectivity index (χ1n) is 4.32. The molecule has 1 aromatic rings. The first kappa shape index (κ1) is 12.2. The summed E-state index contributed by atoms with van der Waals surface area (Å²) in [6.45, 7) is 0. The highest BCUT2D eigenvalue weighted by Crippen LogP contribution is 2.25. The summed E-state index contributed by atoms with van der Waals surface area (Å²) in [5.74, 6) is -0.719. The molecule has 3 N–H and O–H groups in total. The number of nitrogens with two attached hydrogens (primary N) is 1. The van der Waals surface area contributed by atoms with E-state index < -0.39 is 29.9 Å². The van der Waals surface area contributed by atoms with E-state index >= 15 is 0 Å². The van der Waals surface area contributed by atoms with Gasteiger partial charge in [0.1, 0.15) is 0 Å². The van der Waals surface area contributed by atoms with Crippen molar-refractivity contribution in [3.63, 3.8) is 0 Å². The van der Waals surface area contributed by atoms with Gasteiger partial charge in [-0.2, -0.15) is 0 Å². The number of halogens is 2. The molecule has 0 saturated heterocycles. The van der Waals surface area contributed by atoms with Crippen LogP contribution in [0.4, 0.5) is 14.5 Å². The van der Waals surface area contributed by atoms with Gasteiger partial charge in [-0.25, -0.2) is 8.78 Å². The Morgan fingerprint density at radius 3 is 2.75 bits per heavy atom. The summed E-state index contributed by atoms with van der Waals surface area (Å²) < 4.78 is 29.2. The lowest BCUT2D eigenvalue weighted by molar-refractivity contribution is -0.139. The lowest BCUT2D eigenvalue weighted by Gasteiger charge is -2.08. The minimum atomic E-state index is -2.81. The van der Waals surface area contributed by atoms with Crippen LogP contribution in [0.25, 0.3) is 0 Å². The third-order valence-corrected chi connectivity index (χ3v) is 2.05. The molecule has 0 bridgehead atoms. The molecule has 0 aliphatic rings. The minimum absolute atomic E-state index is 0.204. The predicted molar refractivity (Wildman–Crippen MR) is 52.2 cm³/mol. The number of hydrogen-bond acceptors (Lipinski definition) is 4. The van der Waals surface area contributed by atoms with Gasteiger partial charge >= 0.3 is 5.97 Å². The number of ether oxygens (including phenoxy) is 1. The van der Waals surface area contributed by atoms with Crippen LogP contribution in [-0.4, -0.2) is 18.1 Å². The second-order valence-electron chi connectivity index (χ2n) is 3.02. The van der Waals surface area contributed by atoms with Crippen LogP contribution in [0.2, 0.25) is 0 Å². The summed E-state index contributed by atoms with van der Waals surface area (Å²) >= 11 is 0. The zero-order chi connectivity index (χ0) is 12.3. The van der Waals surface area contributed by atoms with Crippen LogP contribution < -0.4 is 11.3 Å². The SMILES string of the molecule is COC(=O)Cc1c(N)c(C(F)F)c[nH]c1=O. The molecule has 1 rings (SSSR count). The number of aromatic nitrogens is 1. The molecule has 0 aliphatic heterocycles. The van der Waals surface area contributed by atoms with Crippen molar-refractivity contribution in [2.45, 2.75) is 12.8 Å². The first-order chi connectivity index (χ1) is 7.47. The molecule has 16 heavy (non-hydrogen) atoms. The van der Waals surface area contributed by atoms with Crippen molar-refractivity contribution in [3.05, 3.63) is 27.7 Å². The Labute approximate surface area is 89.2 Å². The average molecular weight is 232 g/mol. The molecule has 0 aliphatic carbocycles. The topological polar surface area (TPSA) is 85.2 Å². The number of methoxy groups -OCH3 is 1. The summed E-state index contributed by atoms with van der Waals surface area (Å²) in [7, 11) is 1.13. The van der Waals surface area contributed by atoms with Gasteiger partial charge in [-0.1, -0.05) is 0 Å². The molecule has 0 fully saturated rings. The number of carbonyl (C=O) groups excluding carboxylic acids is 1. The van der Waals surface area contributed by atoms with Gasteiger partial charge < -0.3 is 15.5 Å². The van der Waals surface area contributed by atoms with Crippen LogP contribution in [0.3, 0.4) is 0 Å². The van der Waals surface area contributed by atoms with Crippen molar-refractivity contribution in [2.24, 2.45) is 0 Å². The molecule has 7 heteroatoms. The quantitative estimate of drug-likeness (QED) is 0.747. The number of pyridine rings is 1. The molecule has 1 aromatic heterocycles. The number of nitrogens with one attached hydrogen (secondary N) is 1. The van der Waals surface area contributed by atoms with Crippen LogP contribution in [0, 0.1) is 0 Å². The van der Waals surface area contributed by atoms with E-state index in [2.05, 4.69) is 9.72 Å². The number of rotatable bonds is 3. The zero-order valence-electron chi connectivity index (χ0n) is 8.42. The van der Waals surface area contributed by atoms with Gasteiger partial charge in [0, 0.05) is 6.20 Å². The Bertz CT molecular complexity index is 457. The predicted octanol–water partition coefficient (Wildman–Crippen LogP) is 0.610. The van der Waals surface area contributed by atoms with Crippen molar-refractivity contribution in [3.8, 4) is 0 Å². The number of aromatic amines is 1. The monoisotopic (exact) mass is 232 g/mol. The molecule has 5 nitrogen and oxygen atoms in total. The Balaban J connectivity index is 3.21. The van der Waals surface area contributed by atoms with Crippen molar-refractivity contribution in [1.29, 1.82) is 0 Å². The van der Waals surface area contributed by atoms with Gasteiger partial charge in [-0.15, -0.1) is 0 Å². The van der Waals surface area contributed by atoms with E-state index in [9.17, 15) is 18.4 Å². The largest absolute Gasteiger partial charge is 0.469 e. The number of alkyl halides is 2. The number of esters is 1. The van der Waals surface area contributed by atoms with E-state index in [1.165, 1.54) is 0 Å². The lowest BCUT2D eigenvalue weighted by atomic mass is 10.1. The molecule has 0 unspecified atom stereocenters. The maximum Gasteiger partial charge on any atom is 0.310 e. The van der Waals surface area contributed by atoms with Crippen molar-refractivity contribution < 1.29 is 18.3 Å². The fraction of sp³-hybridized carbons (Fsp3) is 0.333. The minimum Gasteiger partial charge on any atom is -0.469 e. The van der Waals surface area contributed by atoms with Crippen molar-refractivity contribution >= 4 is 11.7 Å². The molecule has 0 amide bonds. The zero-order valence-corrected chi connectivity index (χ0v) is 8.42. The van der Waals surface area contributed by atoms with Crippen molar-refractivity contribution in [2.75, 3.05) is 12.8 Å². The van der Waals surface area contributed by atoms with Gasteiger partial charge in [0.25, 0.3) is 12.0 Å². The van der Waals surface area contributed by atoms with Gasteiger partial charge in [-0.3, -0.25) is 9.59 Å². The van der Waals surface area contributed by atoms with Gasteiger partial charge in [0.2, 0.25) is 0 Å². The fourth-order valence-corrected chi connectivity index (χ4v) is 1.18. The molecule has 0 spiro atoms. The summed E-state index contributed by atoms with van der Waals surface area (Å²) in [4.78, 5) is 24.3. The highest BCUT2D eigenvalue weighted by Gasteiger charge is 2.18. The van der Waals surface area contributed by atoms with Gasteiger partial charge in [0.15, 0.2) is 0 Å². The van der Waals surface area contributed by atoms with Gasteiger partial charge in [0.05, 0.1) is 30.3 Å². The molecule has 0 aromatic carbocycles. The number of anilines is 1. The normalized spacial score (nSPS) is 10.5. The molecule has 88 valence electrons. The van der Waals surface area contributed by atoms with Crippen LogP contribution in [0.5, 0.6) is 0 Å². The molecule has 0 radical (unpaired) electrons. The van der Waals surface area contributed by atoms with Crippen LogP contribution in [0.15, 0.2) is 11.0 Å². The molecular weight excluding hydrogens is 222 g/mol. The third-order valence-electron chi connectivity index (χ3n) is 2.05. The van der Waals surface area contributed by atoms with E-state index in [4.69, 9.17) is 5.73 Å². The average Bonchev–Trinajstić information content (AvgIpc) is 2.23. The van der Waals surface area contributed by atoms with Crippen LogP contribution >= 0.6 is 0 Å². The highest BCUT2D eigenvalue weighted by molar-refractivity contribution is 5.75. The van der Waals surface area contributed by atoms with Crippen LogP contribution in [-0.2, 0) is 16.0 Å². The molecular formula is C9H10F2N2O3.